The molecule has 58 heavy (non-hydrogen) atoms. The smallest absolute Gasteiger partial charge is 0.296 e. The molecule has 4 aromatic carbocycles. The summed E-state index contributed by atoms with van der Waals surface area (Å²) in [4.78, 5) is 18.9. The first-order valence-electron chi connectivity index (χ1n) is 14.8. The molecule has 0 aromatic heterocycles. The number of hydrogen-bond acceptors (Lipinski definition) is 16. The highest BCUT2D eigenvalue weighted by Crippen LogP contribution is 2.48. The molecule has 0 bridgehead atoms. The normalized spacial score (nSPS) is 13.9. The zero-order valence-electron chi connectivity index (χ0n) is 28.0. The van der Waals surface area contributed by atoms with Crippen LogP contribution in [0, 0.1) is 0 Å². The quantitative estimate of drug-likeness (QED) is 0.0304. The van der Waals surface area contributed by atoms with E-state index in [4.69, 9.17) is 5.73 Å². The Morgan fingerprint density at radius 1 is 0.603 bits per heavy atom. The highest BCUT2D eigenvalue weighted by Gasteiger charge is 2.29. The van der Waals surface area contributed by atoms with Crippen molar-refractivity contribution in [2.24, 2.45) is 20.5 Å². The first kappa shape index (κ1) is 47.1. The van der Waals surface area contributed by atoms with Gasteiger partial charge in [0.05, 0.1) is 11.1 Å². The molecule has 2 amide bonds. The second kappa shape index (κ2) is 18.0. The third kappa shape index (κ3) is 11.0. The fourth-order valence-corrected chi connectivity index (χ4v) is 8.03. The van der Waals surface area contributed by atoms with Crippen LogP contribution in [0.3, 0.4) is 0 Å². The number of phenols is 1. The number of alkyl halides is 4. The summed E-state index contributed by atoms with van der Waals surface area (Å²) in [6, 6.07) is 6.56. The third-order valence-electron chi connectivity index (χ3n) is 7.23. The van der Waals surface area contributed by atoms with E-state index in [0.29, 0.717) is 12.1 Å². The van der Waals surface area contributed by atoms with Gasteiger partial charge in [0, 0.05) is 22.0 Å². The predicted molar refractivity (Wildman–Crippen MR) is 221 cm³/mol. The van der Waals surface area contributed by atoms with Gasteiger partial charge in [-0.2, -0.15) is 33.7 Å². The molecule has 0 spiro atoms. The molecule has 0 fully saturated rings. The van der Waals surface area contributed by atoms with E-state index in [1.54, 1.807) is 0 Å². The molecular formula is C28H23Br4N7O15S4. The molecule has 30 heteroatoms. The second-order valence-corrected chi connectivity index (χ2v) is 20.3. The summed E-state index contributed by atoms with van der Waals surface area (Å²) in [7, 11) is -21.0. The minimum atomic E-state index is -5.44. The van der Waals surface area contributed by atoms with Crippen molar-refractivity contribution in [1.29, 1.82) is 0 Å². The molecule has 2 atom stereocenters. The maximum absolute atomic E-state index is 12.6. The van der Waals surface area contributed by atoms with Gasteiger partial charge in [0.25, 0.3) is 40.5 Å². The fourth-order valence-electron chi connectivity index (χ4n) is 4.68. The molecule has 9 N–H and O–H groups in total. The predicted octanol–water partition coefficient (Wildman–Crippen LogP) is 6.14. The molecule has 0 saturated heterocycles. The first-order valence-corrected chi connectivity index (χ1v) is 24.7. The summed E-state index contributed by atoms with van der Waals surface area (Å²) < 4.78 is 139. The minimum Gasteiger partial charge on any atom is -0.505 e. The van der Waals surface area contributed by atoms with Crippen molar-refractivity contribution in [1.82, 2.24) is 0 Å². The molecule has 0 saturated carbocycles. The number of fused-ring (bicyclic) bond motifs is 1. The lowest BCUT2D eigenvalue weighted by Gasteiger charge is -2.14. The third-order valence-corrected chi connectivity index (χ3v) is 15.3. The zero-order valence-corrected chi connectivity index (χ0v) is 37.6. The number of azo groups is 2. The summed E-state index contributed by atoms with van der Waals surface area (Å²) in [5, 5.41) is 29.7. The Kier molecular flexibility index (Phi) is 14.6. The van der Waals surface area contributed by atoms with Crippen LogP contribution in [0.15, 0.2) is 88.6 Å². The number of carbonyl (C=O) groups is 2. The SMILES string of the molecule is Nc1c(N=Nc2cc(NC(=O)C(Br)CBr)ccc2S(=O)(=O)O)c(S(=O)(=O)O)cc2cc(S(=O)(=O)O)c(N=Nc3cc(NC(=O)C(Br)CBr)ccc3S(=O)(=O)O)c(O)c12. The number of nitrogens with zero attached hydrogens (tertiary/aromatic N) is 4. The van der Waals surface area contributed by atoms with E-state index in [0.717, 1.165) is 36.4 Å². The van der Waals surface area contributed by atoms with Gasteiger partial charge in [-0.1, -0.05) is 63.7 Å². The maximum Gasteiger partial charge on any atom is 0.296 e. The second-order valence-electron chi connectivity index (χ2n) is 11.2. The fraction of sp³-hybridized carbons (Fsp3) is 0.143. The highest BCUT2D eigenvalue weighted by molar-refractivity contribution is 9.12. The average Bonchev–Trinajstić information content (AvgIpc) is 3.11. The van der Waals surface area contributed by atoms with Gasteiger partial charge in [0.1, 0.15) is 52.0 Å². The Bertz CT molecular complexity index is 2690. The van der Waals surface area contributed by atoms with Gasteiger partial charge in [-0.3, -0.25) is 27.8 Å². The van der Waals surface area contributed by atoms with E-state index < -0.39 is 126 Å². The average molecular weight is 1150 g/mol. The van der Waals surface area contributed by atoms with Crippen LogP contribution in [0.1, 0.15) is 0 Å². The number of nitrogen functional groups attached to an aromatic ring is 1. The molecule has 0 heterocycles. The van der Waals surface area contributed by atoms with Crippen molar-refractivity contribution in [3.05, 3.63) is 48.5 Å². The molecule has 4 rings (SSSR count). The maximum atomic E-state index is 12.6. The number of anilines is 3. The lowest BCUT2D eigenvalue weighted by atomic mass is 10.1. The number of hydrogen-bond donors (Lipinski definition) is 8. The molecule has 0 aliphatic rings. The van der Waals surface area contributed by atoms with E-state index >= 15 is 0 Å². The summed E-state index contributed by atoms with van der Waals surface area (Å²) in [6.45, 7) is 0. The van der Waals surface area contributed by atoms with Crippen LogP contribution in [0.2, 0.25) is 0 Å². The van der Waals surface area contributed by atoms with Gasteiger partial charge in [0.2, 0.25) is 11.8 Å². The van der Waals surface area contributed by atoms with E-state index in [1.807, 2.05) is 0 Å². The first-order chi connectivity index (χ1) is 26.7. The van der Waals surface area contributed by atoms with Crippen LogP contribution >= 0.6 is 63.7 Å². The molecule has 2 unspecified atom stereocenters. The van der Waals surface area contributed by atoms with Crippen LogP contribution in [0.4, 0.5) is 39.8 Å². The minimum absolute atomic E-state index is 0.0973. The van der Waals surface area contributed by atoms with E-state index in [9.17, 15) is 66.6 Å². The lowest BCUT2D eigenvalue weighted by Crippen LogP contribution is -2.23. The van der Waals surface area contributed by atoms with Crippen molar-refractivity contribution >= 4 is 167 Å². The van der Waals surface area contributed by atoms with Gasteiger partial charge < -0.3 is 21.5 Å². The molecule has 312 valence electrons. The van der Waals surface area contributed by atoms with E-state index in [1.165, 1.54) is 0 Å². The summed E-state index contributed by atoms with van der Waals surface area (Å²) >= 11 is 12.4. The van der Waals surface area contributed by atoms with Crippen LogP contribution in [0.5, 0.6) is 5.75 Å². The summed E-state index contributed by atoms with van der Waals surface area (Å²) in [5.41, 5.74) is 1.43. The summed E-state index contributed by atoms with van der Waals surface area (Å²) in [5.74, 6) is -2.53. The van der Waals surface area contributed by atoms with Crippen LogP contribution < -0.4 is 16.4 Å². The van der Waals surface area contributed by atoms with Crippen molar-refractivity contribution < 1.29 is 66.6 Å². The van der Waals surface area contributed by atoms with Crippen molar-refractivity contribution in [2.75, 3.05) is 27.0 Å². The molecule has 0 aliphatic carbocycles. The van der Waals surface area contributed by atoms with Gasteiger partial charge in [-0.15, -0.1) is 20.5 Å². The van der Waals surface area contributed by atoms with Crippen LogP contribution in [0.25, 0.3) is 10.8 Å². The van der Waals surface area contributed by atoms with Gasteiger partial charge >= 0.3 is 0 Å². The molecule has 22 nitrogen and oxygen atoms in total. The monoisotopic (exact) mass is 1140 g/mol. The van der Waals surface area contributed by atoms with Crippen LogP contribution in [-0.4, -0.2) is 89.1 Å². The van der Waals surface area contributed by atoms with Gasteiger partial charge in [-0.05, 0) is 53.9 Å². The number of nitrogens with one attached hydrogen (secondary N) is 2. The van der Waals surface area contributed by atoms with Crippen molar-refractivity contribution in [3.63, 3.8) is 0 Å². The van der Waals surface area contributed by atoms with E-state index in [-0.39, 0.29) is 22.0 Å². The van der Waals surface area contributed by atoms with E-state index in [2.05, 4.69) is 94.8 Å². The molecule has 4 aromatic rings. The number of carbonyl (C=O) groups excluding carboxylic acids is 2. The number of nitrogens with two attached hydrogens (primary N) is 1. The number of halogens is 4. The highest BCUT2D eigenvalue weighted by atomic mass is 79.9. The van der Waals surface area contributed by atoms with Gasteiger partial charge in [0.15, 0.2) is 5.75 Å². The topological polar surface area (TPSA) is 371 Å². The standard InChI is InChI=1S/C28H23Br4N7O15S4/c29-9-14(31)27(41)34-12-1-3-18(55(43,44)45)16(7-12)36-38-24-20(57(49,50)51)5-11-6-21(58(52,53)54)25(26(40)22(11)23(24)33)39-37-17-8-13(35-28(42)15(32)10-30)2-4-19(17)56(46,47)48/h1-8,14-15,40H,9-10,33H2,(H,34,41)(H,35,42)(H,43,44,45)(H,46,47,48)(H,49,50,51)(H,52,53,54). The Morgan fingerprint density at radius 3 is 1.33 bits per heavy atom. The number of aromatic hydroxyl groups is 1. The Morgan fingerprint density at radius 2 is 0.966 bits per heavy atom. The lowest BCUT2D eigenvalue weighted by molar-refractivity contribution is -0.116. The molecule has 0 aliphatic heterocycles. The van der Waals surface area contributed by atoms with Crippen LogP contribution in [-0.2, 0) is 50.1 Å². The Balaban J connectivity index is 2.02. The number of rotatable bonds is 14. The Hall–Kier alpha value is -3.56. The Labute approximate surface area is 361 Å². The molecule has 0 radical (unpaired) electrons. The van der Waals surface area contributed by atoms with Crippen molar-refractivity contribution in [2.45, 2.75) is 29.2 Å². The largest absolute Gasteiger partial charge is 0.505 e. The molecular weight excluding hydrogens is 1120 g/mol. The van der Waals surface area contributed by atoms with Gasteiger partial charge in [-0.25, -0.2) is 0 Å². The number of amides is 2. The zero-order chi connectivity index (χ0) is 43.7. The van der Waals surface area contributed by atoms with Crippen molar-refractivity contribution in [3.8, 4) is 5.75 Å². The number of benzene rings is 4. The number of phenolic OH excluding ortho intramolecular Hbond substituents is 1. The summed E-state index contributed by atoms with van der Waals surface area (Å²) in [6.07, 6.45) is 0.